The van der Waals surface area contributed by atoms with Gasteiger partial charge in [-0.2, -0.15) is 9.35 Å². The van der Waals surface area contributed by atoms with Crippen molar-refractivity contribution in [2.75, 3.05) is 19.0 Å². The lowest BCUT2D eigenvalue weighted by atomic mass is 10.2. The van der Waals surface area contributed by atoms with Gasteiger partial charge < -0.3 is 4.89 Å². The van der Waals surface area contributed by atoms with E-state index >= 15 is 0 Å². The molecule has 148 valence electrons. The summed E-state index contributed by atoms with van der Waals surface area (Å²) >= 11 is 3.93. The highest BCUT2D eigenvalue weighted by atomic mass is 33.5. The normalized spacial score (nSPS) is 10.8. The van der Waals surface area contributed by atoms with Crippen molar-refractivity contribution in [3.63, 3.8) is 0 Å². The molecular formula is C15H35O5PS3. The van der Waals surface area contributed by atoms with E-state index in [1.807, 2.05) is 0 Å². The number of thiol groups is 1. The van der Waals surface area contributed by atoms with Crippen LogP contribution in [0.25, 0.3) is 0 Å². The van der Waals surface area contributed by atoms with E-state index in [2.05, 4.69) is 41.8 Å². The summed E-state index contributed by atoms with van der Waals surface area (Å²) in [5.41, 5.74) is 0. The lowest BCUT2D eigenvalue weighted by Gasteiger charge is -2.08. The van der Waals surface area contributed by atoms with Gasteiger partial charge in [0.2, 0.25) is 0 Å². The first-order valence-corrected chi connectivity index (χ1v) is 13.2. The van der Waals surface area contributed by atoms with Gasteiger partial charge in [0.05, 0.1) is 13.2 Å². The van der Waals surface area contributed by atoms with E-state index in [0.29, 0.717) is 13.2 Å². The van der Waals surface area contributed by atoms with Gasteiger partial charge >= 0.3 is 8.60 Å². The number of hydrogen-bond acceptors (Lipinski definition) is 8. The van der Waals surface area contributed by atoms with E-state index < -0.39 is 8.60 Å². The van der Waals surface area contributed by atoms with E-state index in [1.54, 1.807) is 10.8 Å². The van der Waals surface area contributed by atoms with Crippen molar-refractivity contribution in [2.45, 2.75) is 78.6 Å². The van der Waals surface area contributed by atoms with Crippen molar-refractivity contribution in [1.29, 1.82) is 0 Å². The van der Waals surface area contributed by atoms with Crippen molar-refractivity contribution in [3.05, 3.63) is 0 Å². The summed E-state index contributed by atoms with van der Waals surface area (Å²) in [6.07, 6.45) is 10.1. The van der Waals surface area contributed by atoms with E-state index in [4.69, 9.17) is 9.78 Å². The summed E-state index contributed by atoms with van der Waals surface area (Å²) in [5.74, 6) is 1.22. The molecule has 0 aliphatic heterocycles. The lowest BCUT2D eigenvalue weighted by molar-refractivity contribution is -0.267. The molecule has 0 aromatic carbocycles. The average molecular weight is 423 g/mol. The van der Waals surface area contributed by atoms with Gasteiger partial charge in [0, 0.05) is 5.75 Å². The molecule has 0 unspecified atom stereocenters. The number of hydrogen-bond donors (Lipinski definition) is 2. The van der Waals surface area contributed by atoms with Crippen molar-refractivity contribution in [3.8, 4) is 0 Å². The zero-order chi connectivity index (χ0) is 18.3. The summed E-state index contributed by atoms with van der Waals surface area (Å²) in [5, 5.41) is 0. The fourth-order valence-electron chi connectivity index (χ4n) is 1.47. The van der Waals surface area contributed by atoms with Crippen LogP contribution in [0.2, 0.25) is 0 Å². The van der Waals surface area contributed by atoms with Gasteiger partial charge in [-0.25, -0.2) is 9.78 Å². The third kappa shape index (κ3) is 28.1. The van der Waals surface area contributed by atoms with Crippen LogP contribution in [0.5, 0.6) is 0 Å². The van der Waals surface area contributed by atoms with Crippen LogP contribution in [-0.4, -0.2) is 23.9 Å². The van der Waals surface area contributed by atoms with Gasteiger partial charge in [-0.3, -0.25) is 0 Å². The molecule has 0 fully saturated rings. The smallest absolute Gasteiger partial charge is 0.325 e. The first-order chi connectivity index (χ1) is 11.7. The molecule has 0 heterocycles. The van der Waals surface area contributed by atoms with Crippen LogP contribution in [0.3, 0.4) is 0 Å². The molecule has 0 atom stereocenters. The van der Waals surface area contributed by atoms with Crippen LogP contribution in [0, 0.1) is 0 Å². The first kappa shape index (κ1) is 27.5. The molecule has 0 radical (unpaired) electrons. The highest BCUT2D eigenvalue weighted by Gasteiger charge is 2.08. The number of rotatable bonds is 17. The first-order valence-electron chi connectivity index (χ1n) is 8.74. The van der Waals surface area contributed by atoms with Gasteiger partial charge in [0.15, 0.2) is 0 Å². The minimum atomic E-state index is -2.07. The molecule has 0 saturated heterocycles. The molecule has 9 heteroatoms. The molecule has 0 aromatic rings. The summed E-state index contributed by atoms with van der Waals surface area (Å²) in [4.78, 5) is 18.8. The molecule has 0 saturated carbocycles. The van der Waals surface area contributed by atoms with Crippen LogP contribution < -0.4 is 0 Å². The maximum Gasteiger partial charge on any atom is 0.389 e. The molecule has 0 aliphatic carbocycles. The molecule has 0 spiro atoms. The predicted molar refractivity (Wildman–Crippen MR) is 111 cm³/mol. The maximum atomic E-state index is 9.22. The highest BCUT2D eigenvalue weighted by molar-refractivity contribution is 9.05. The molecule has 0 amide bonds. The molecule has 1 N–H and O–H groups in total. The predicted octanol–water partition coefficient (Wildman–Crippen LogP) is 6.89. The Labute approximate surface area is 162 Å². The van der Waals surface area contributed by atoms with Crippen LogP contribution >= 0.6 is 40.9 Å². The fourth-order valence-corrected chi connectivity index (χ4v) is 3.46. The Hall–Kier alpha value is 1.28. The van der Waals surface area contributed by atoms with Gasteiger partial charge in [-0.05, 0) is 29.1 Å². The van der Waals surface area contributed by atoms with Crippen molar-refractivity contribution in [1.82, 2.24) is 0 Å². The van der Waals surface area contributed by atoms with Gasteiger partial charge in [-0.15, -0.1) is 0 Å². The second kappa shape index (κ2) is 26.5. The Balaban J connectivity index is 0. The quantitative estimate of drug-likeness (QED) is 0.0661. The van der Waals surface area contributed by atoms with Crippen molar-refractivity contribution in [2.24, 2.45) is 0 Å². The van der Waals surface area contributed by atoms with Crippen LogP contribution in [-0.2, 0) is 19.1 Å². The minimum Gasteiger partial charge on any atom is -0.325 e. The van der Waals surface area contributed by atoms with Crippen LogP contribution in [0.1, 0.15) is 78.6 Å². The van der Waals surface area contributed by atoms with Gasteiger partial charge in [0.1, 0.15) is 0 Å². The maximum absolute atomic E-state index is 9.22. The molecular weight excluding hydrogens is 387 g/mol. The van der Waals surface area contributed by atoms with E-state index in [9.17, 15) is 4.89 Å². The molecule has 5 nitrogen and oxygen atoms in total. The standard InChI is InChI=1S/C12H27O5P.C3H8S3/c1-3-5-7-9-11-14-16-18(13)17-15-12-10-8-6-4-2;1-2-3-5-6-4/h13H,3-12H2,1-2H3;4H,2-3H2,1H3. The van der Waals surface area contributed by atoms with Crippen LogP contribution in [0.4, 0.5) is 0 Å². The Morgan fingerprint density at radius 3 is 1.62 bits per heavy atom. The topological polar surface area (TPSA) is 57.2 Å². The molecule has 24 heavy (non-hydrogen) atoms. The molecule has 0 aromatic heterocycles. The SMILES string of the molecule is CCCCCCOOP(O)OOCCCCCC.CCCSSS. The van der Waals surface area contributed by atoms with Crippen molar-refractivity contribution < 1.29 is 24.0 Å². The van der Waals surface area contributed by atoms with Crippen LogP contribution in [0.15, 0.2) is 0 Å². The Bertz CT molecular complexity index is 200. The summed E-state index contributed by atoms with van der Waals surface area (Å²) in [6.45, 7) is 7.40. The Kier molecular flexibility index (Phi) is 30.4. The Morgan fingerprint density at radius 1 is 0.792 bits per heavy atom. The summed E-state index contributed by atoms with van der Waals surface area (Å²) < 4.78 is 9.25. The Morgan fingerprint density at radius 2 is 1.29 bits per heavy atom. The fraction of sp³-hybridized carbons (Fsp3) is 1.00. The van der Waals surface area contributed by atoms with E-state index in [0.717, 1.165) is 25.7 Å². The second-order valence-corrected chi connectivity index (χ2v) is 9.11. The zero-order valence-electron chi connectivity index (χ0n) is 15.3. The molecule has 0 bridgehead atoms. The number of unbranched alkanes of at least 4 members (excludes halogenated alkanes) is 6. The second-order valence-electron chi connectivity index (χ2n) is 5.05. The van der Waals surface area contributed by atoms with E-state index in [-0.39, 0.29) is 0 Å². The zero-order valence-corrected chi connectivity index (χ0v) is 18.7. The monoisotopic (exact) mass is 422 g/mol. The summed E-state index contributed by atoms with van der Waals surface area (Å²) in [7, 11) is 1.25. The van der Waals surface area contributed by atoms with Crippen molar-refractivity contribution >= 4 is 40.9 Å². The molecule has 0 rings (SSSR count). The molecule has 0 aliphatic rings. The third-order valence-electron chi connectivity index (χ3n) is 2.74. The average Bonchev–Trinajstić information content (AvgIpc) is 2.59. The minimum absolute atomic E-state index is 0.471. The third-order valence-corrected chi connectivity index (χ3v) is 5.65. The van der Waals surface area contributed by atoms with Gasteiger partial charge in [-0.1, -0.05) is 81.8 Å². The lowest BCUT2D eigenvalue weighted by Crippen LogP contribution is -1.98. The summed E-state index contributed by atoms with van der Waals surface area (Å²) in [6, 6.07) is 0. The van der Waals surface area contributed by atoms with Gasteiger partial charge in [0.25, 0.3) is 0 Å². The highest BCUT2D eigenvalue weighted by Crippen LogP contribution is 2.33. The largest absolute Gasteiger partial charge is 0.389 e. The van der Waals surface area contributed by atoms with E-state index in [1.165, 1.54) is 47.7 Å².